The number of benzene rings is 1. The van der Waals surface area contributed by atoms with Crippen molar-refractivity contribution >= 4 is 22.0 Å². The number of sulfonamides is 1. The number of rotatable bonds is 6. The molecule has 7 nitrogen and oxygen atoms in total. The fourth-order valence-corrected chi connectivity index (χ4v) is 2.58. The lowest BCUT2D eigenvalue weighted by Crippen LogP contribution is -2.42. The fourth-order valence-electron chi connectivity index (χ4n) is 1.32. The van der Waals surface area contributed by atoms with Gasteiger partial charge in [0.1, 0.15) is 10.9 Å². The molecule has 1 aromatic rings. The smallest absolute Gasteiger partial charge is 0.322 e. The van der Waals surface area contributed by atoms with E-state index in [0.29, 0.717) is 12.1 Å². The summed E-state index contributed by atoms with van der Waals surface area (Å²) < 4.78 is 63.9. The topological polar surface area (TPSA) is 121 Å². The standard InChI is InChI=1S/C10H8F3NO6S/c11-4-1-2-6(9(13)8(4)12)21(19,20)14-5(10(17)18)3-7(15)16/h1-2,5,14H,3H2,(H,15,16)(H,17,18)/t5-/m0/s1. The van der Waals surface area contributed by atoms with Gasteiger partial charge in [0.05, 0.1) is 6.42 Å². The van der Waals surface area contributed by atoms with Crippen molar-refractivity contribution in [3.8, 4) is 0 Å². The number of halogens is 3. The van der Waals surface area contributed by atoms with Crippen molar-refractivity contribution in [1.29, 1.82) is 0 Å². The molecule has 0 heterocycles. The summed E-state index contributed by atoms with van der Waals surface area (Å²) in [4.78, 5) is 19.8. The van der Waals surface area contributed by atoms with Crippen LogP contribution in [-0.2, 0) is 19.6 Å². The average Bonchev–Trinajstić information content (AvgIpc) is 2.33. The van der Waals surface area contributed by atoms with Crippen molar-refractivity contribution in [2.75, 3.05) is 0 Å². The first-order valence-corrected chi connectivity index (χ1v) is 6.65. The summed E-state index contributed by atoms with van der Waals surface area (Å²) in [5, 5.41) is 17.1. The van der Waals surface area contributed by atoms with Gasteiger partial charge in [0, 0.05) is 0 Å². The summed E-state index contributed by atoms with van der Waals surface area (Å²) in [5.41, 5.74) is 0. The molecule has 0 saturated carbocycles. The van der Waals surface area contributed by atoms with E-state index in [4.69, 9.17) is 10.2 Å². The normalized spacial score (nSPS) is 12.9. The van der Waals surface area contributed by atoms with Gasteiger partial charge in [0.25, 0.3) is 0 Å². The van der Waals surface area contributed by atoms with Gasteiger partial charge >= 0.3 is 11.9 Å². The molecule has 0 bridgehead atoms. The number of carbonyl (C=O) groups is 2. The van der Waals surface area contributed by atoms with E-state index in [1.165, 1.54) is 4.72 Å². The van der Waals surface area contributed by atoms with Crippen LogP contribution in [0.2, 0.25) is 0 Å². The van der Waals surface area contributed by atoms with Gasteiger partial charge in [-0.15, -0.1) is 0 Å². The molecule has 11 heteroatoms. The zero-order valence-corrected chi connectivity index (χ0v) is 10.8. The highest BCUT2D eigenvalue weighted by Crippen LogP contribution is 2.20. The molecule has 0 radical (unpaired) electrons. The molecule has 0 spiro atoms. The minimum atomic E-state index is -4.90. The molecule has 1 atom stereocenters. The van der Waals surface area contributed by atoms with Crippen LogP contribution < -0.4 is 4.72 Å². The van der Waals surface area contributed by atoms with Gasteiger partial charge < -0.3 is 10.2 Å². The first-order chi connectivity index (χ1) is 9.56. The first kappa shape index (κ1) is 16.9. The Hall–Kier alpha value is -2.14. The van der Waals surface area contributed by atoms with Gasteiger partial charge in [-0.05, 0) is 12.1 Å². The van der Waals surface area contributed by atoms with Crippen molar-refractivity contribution in [2.24, 2.45) is 0 Å². The third-order valence-electron chi connectivity index (χ3n) is 2.26. The summed E-state index contributed by atoms with van der Waals surface area (Å²) in [6.45, 7) is 0. The van der Waals surface area contributed by atoms with Crippen LogP contribution in [0.5, 0.6) is 0 Å². The van der Waals surface area contributed by atoms with Gasteiger partial charge in [-0.25, -0.2) is 21.6 Å². The van der Waals surface area contributed by atoms with Crippen LogP contribution in [0.15, 0.2) is 17.0 Å². The van der Waals surface area contributed by atoms with Gasteiger partial charge in [0.15, 0.2) is 17.5 Å². The number of carboxylic acid groups (broad SMARTS) is 2. The Bertz CT molecular complexity index is 690. The number of nitrogens with one attached hydrogen (secondary N) is 1. The first-order valence-electron chi connectivity index (χ1n) is 5.16. The fraction of sp³-hybridized carbons (Fsp3) is 0.200. The lowest BCUT2D eigenvalue weighted by Gasteiger charge is -2.13. The molecule has 0 unspecified atom stereocenters. The highest BCUT2D eigenvalue weighted by atomic mass is 32.2. The third-order valence-corrected chi connectivity index (χ3v) is 3.75. The average molecular weight is 327 g/mol. The molecule has 0 aromatic heterocycles. The Morgan fingerprint density at radius 2 is 1.71 bits per heavy atom. The predicted molar refractivity (Wildman–Crippen MR) is 60.3 cm³/mol. The van der Waals surface area contributed by atoms with Crippen molar-refractivity contribution in [3.63, 3.8) is 0 Å². The second-order valence-corrected chi connectivity index (χ2v) is 5.47. The highest BCUT2D eigenvalue weighted by molar-refractivity contribution is 7.89. The second kappa shape index (κ2) is 6.10. The Morgan fingerprint density at radius 1 is 1.14 bits per heavy atom. The van der Waals surface area contributed by atoms with Crippen molar-refractivity contribution in [1.82, 2.24) is 4.72 Å². The minimum absolute atomic E-state index is 0.333. The second-order valence-electron chi connectivity index (χ2n) is 3.78. The monoisotopic (exact) mass is 327 g/mol. The molecule has 116 valence electrons. The largest absolute Gasteiger partial charge is 0.481 e. The summed E-state index contributed by atoms with van der Waals surface area (Å²) >= 11 is 0. The quantitative estimate of drug-likeness (QED) is 0.647. The number of carboxylic acids is 2. The molecule has 21 heavy (non-hydrogen) atoms. The summed E-state index contributed by atoms with van der Waals surface area (Å²) in [6.07, 6.45) is -1.13. The summed E-state index contributed by atoms with van der Waals surface area (Å²) in [6, 6.07) is -1.38. The molecule has 1 aromatic carbocycles. The molecule has 0 fully saturated rings. The van der Waals surface area contributed by atoms with Gasteiger partial charge in [-0.2, -0.15) is 4.72 Å². The number of hydrogen-bond donors (Lipinski definition) is 3. The molecule has 1 rings (SSSR count). The van der Waals surface area contributed by atoms with Gasteiger partial charge in [0.2, 0.25) is 10.0 Å². The van der Waals surface area contributed by atoms with E-state index in [9.17, 15) is 31.2 Å². The Kier molecular flexibility index (Phi) is 4.91. The van der Waals surface area contributed by atoms with E-state index in [-0.39, 0.29) is 0 Å². The molecular weight excluding hydrogens is 319 g/mol. The van der Waals surface area contributed by atoms with E-state index in [1.807, 2.05) is 0 Å². The van der Waals surface area contributed by atoms with Crippen LogP contribution in [0.1, 0.15) is 6.42 Å². The molecule has 0 saturated heterocycles. The molecule has 3 N–H and O–H groups in total. The number of hydrogen-bond acceptors (Lipinski definition) is 4. The summed E-state index contributed by atoms with van der Waals surface area (Å²) in [5.74, 6) is -9.18. The van der Waals surface area contributed by atoms with E-state index in [0.717, 1.165) is 0 Å². The lowest BCUT2D eigenvalue weighted by atomic mass is 10.2. The van der Waals surface area contributed by atoms with Crippen molar-refractivity contribution in [2.45, 2.75) is 17.4 Å². The van der Waals surface area contributed by atoms with Crippen LogP contribution >= 0.6 is 0 Å². The zero-order valence-electron chi connectivity index (χ0n) is 10.0. The maximum absolute atomic E-state index is 13.4. The number of aliphatic carboxylic acids is 2. The van der Waals surface area contributed by atoms with Gasteiger partial charge in [-0.1, -0.05) is 0 Å². The van der Waals surface area contributed by atoms with Crippen molar-refractivity contribution < 1.29 is 41.4 Å². The third kappa shape index (κ3) is 3.92. The maximum atomic E-state index is 13.4. The minimum Gasteiger partial charge on any atom is -0.481 e. The summed E-state index contributed by atoms with van der Waals surface area (Å²) in [7, 11) is -4.90. The van der Waals surface area contributed by atoms with Crippen LogP contribution in [0.25, 0.3) is 0 Å². The zero-order chi connectivity index (χ0) is 16.4. The Morgan fingerprint density at radius 3 is 2.19 bits per heavy atom. The molecule has 0 aliphatic heterocycles. The van der Waals surface area contributed by atoms with Crippen LogP contribution in [0.4, 0.5) is 13.2 Å². The van der Waals surface area contributed by atoms with E-state index in [1.54, 1.807) is 0 Å². The highest BCUT2D eigenvalue weighted by Gasteiger charge is 2.30. The Balaban J connectivity index is 3.20. The SMILES string of the molecule is O=C(O)C[C@H](NS(=O)(=O)c1ccc(F)c(F)c1F)C(=O)O. The Labute approximate surface area is 116 Å². The van der Waals surface area contributed by atoms with E-state index >= 15 is 0 Å². The molecule has 0 aliphatic rings. The lowest BCUT2D eigenvalue weighted by molar-refractivity contribution is -0.145. The van der Waals surface area contributed by atoms with Crippen LogP contribution in [0, 0.1) is 17.5 Å². The maximum Gasteiger partial charge on any atom is 0.322 e. The predicted octanol–water partition coefficient (Wildman–Crippen LogP) is 0.310. The molecule has 0 aliphatic carbocycles. The van der Waals surface area contributed by atoms with Crippen LogP contribution in [-0.4, -0.2) is 36.6 Å². The van der Waals surface area contributed by atoms with E-state index in [2.05, 4.69) is 0 Å². The molecule has 0 amide bonds. The van der Waals surface area contributed by atoms with E-state index < -0.39 is 56.8 Å². The van der Waals surface area contributed by atoms with Gasteiger partial charge in [-0.3, -0.25) is 9.59 Å². The van der Waals surface area contributed by atoms with Crippen molar-refractivity contribution in [3.05, 3.63) is 29.6 Å². The molecular formula is C10H8F3NO6S. The van der Waals surface area contributed by atoms with Crippen LogP contribution in [0.3, 0.4) is 0 Å².